The minimum Gasteiger partial charge on any atom is -0.481 e. The normalized spacial score (nSPS) is 15.7. The number of rotatable bonds is 5. The van der Waals surface area contributed by atoms with Crippen LogP contribution in [0.4, 0.5) is 0 Å². The van der Waals surface area contributed by atoms with Gasteiger partial charge in [-0.05, 0) is 32.8 Å². The molecule has 4 aromatic rings. The van der Waals surface area contributed by atoms with Crippen molar-refractivity contribution in [1.29, 1.82) is 0 Å². The number of aliphatic imine (C=N–C) groups is 1. The van der Waals surface area contributed by atoms with Crippen LogP contribution in [-0.2, 0) is 4.79 Å². The summed E-state index contributed by atoms with van der Waals surface area (Å²) in [7, 11) is 0. The Bertz CT molecular complexity index is 1470. The Kier molecular flexibility index (Phi) is 5.98. The van der Waals surface area contributed by atoms with Crippen LogP contribution in [0, 0.1) is 26.7 Å². The van der Waals surface area contributed by atoms with E-state index in [4.69, 9.17) is 16.6 Å². The van der Waals surface area contributed by atoms with E-state index in [1.165, 1.54) is 6.33 Å². The maximum atomic E-state index is 12.2. The second kappa shape index (κ2) is 8.98. The van der Waals surface area contributed by atoms with Crippen LogP contribution in [0.2, 0.25) is 5.15 Å². The van der Waals surface area contributed by atoms with E-state index in [0.717, 1.165) is 43.5 Å². The first-order chi connectivity index (χ1) is 16.8. The number of carboxylic acids is 1. The van der Waals surface area contributed by atoms with E-state index in [0.29, 0.717) is 23.2 Å². The standard InChI is InChI=1S/C25H23ClN6O2S/c1-5-17(25(33)34)22-23-31-30-14(4)32(23)24-20(12(2)13(3)35-24)21(29-22)16-8-6-15(7-9-16)18-10-19(26)28-11-27-18/h6-11,17,22H,5H2,1-4H3,(H,33,34)/t17-,22?/m0/s1. The molecule has 0 saturated heterocycles. The summed E-state index contributed by atoms with van der Waals surface area (Å²) >= 11 is 7.69. The Hall–Kier alpha value is -3.43. The number of hydrogen-bond donors (Lipinski definition) is 1. The maximum absolute atomic E-state index is 12.2. The van der Waals surface area contributed by atoms with Crippen LogP contribution in [-0.4, -0.2) is 41.5 Å². The summed E-state index contributed by atoms with van der Waals surface area (Å²) in [5, 5.41) is 20.0. The number of aliphatic carboxylic acids is 1. The predicted octanol–water partition coefficient (Wildman–Crippen LogP) is 5.37. The monoisotopic (exact) mass is 506 g/mol. The number of aromatic nitrogens is 5. The number of fused-ring (bicyclic) bond motifs is 3. The van der Waals surface area contributed by atoms with Crippen molar-refractivity contribution < 1.29 is 9.90 Å². The zero-order chi connectivity index (χ0) is 24.9. The lowest BCUT2D eigenvalue weighted by Gasteiger charge is -2.18. The molecule has 10 heteroatoms. The predicted molar refractivity (Wildman–Crippen MR) is 136 cm³/mol. The van der Waals surface area contributed by atoms with Gasteiger partial charge in [-0.3, -0.25) is 14.4 Å². The summed E-state index contributed by atoms with van der Waals surface area (Å²) in [6.07, 6.45) is 1.85. The molecule has 4 heterocycles. The number of benzene rings is 1. The molecule has 1 aromatic carbocycles. The molecule has 0 amide bonds. The fraction of sp³-hybridized carbons (Fsp3) is 0.280. The second-order valence-corrected chi connectivity index (χ2v) is 10.1. The van der Waals surface area contributed by atoms with Crippen LogP contribution in [0.25, 0.3) is 16.3 Å². The molecule has 178 valence electrons. The lowest BCUT2D eigenvalue weighted by molar-refractivity contribution is -0.142. The first-order valence-electron chi connectivity index (χ1n) is 11.2. The van der Waals surface area contributed by atoms with Gasteiger partial charge in [0.2, 0.25) is 0 Å². The van der Waals surface area contributed by atoms with Crippen molar-refractivity contribution in [2.75, 3.05) is 0 Å². The third-order valence-corrected chi connectivity index (χ3v) is 7.81. The van der Waals surface area contributed by atoms with Crippen LogP contribution in [0.3, 0.4) is 0 Å². The van der Waals surface area contributed by atoms with Gasteiger partial charge in [0.05, 0.1) is 17.3 Å². The number of thiophene rings is 1. The summed E-state index contributed by atoms with van der Waals surface area (Å²) in [6, 6.07) is 8.94. The van der Waals surface area contributed by atoms with E-state index >= 15 is 0 Å². The van der Waals surface area contributed by atoms with Crippen molar-refractivity contribution in [1.82, 2.24) is 24.7 Å². The van der Waals surface area contributed by atoms with E-state index in [1.54, 1.807) is 17.4 Å². The first-order valence-corrected chi connectivity index (χ1v) is 12.4. The smallest absolute Gasteiger partial charge is 0.309 e. The van der Waals surface area contributed by atoms with E-state index in [-0.39, 0.29) is 0 Å². The maximum Gasteiger partial charge on any atom is 0.309 e. The molecular weight excluding hydrogens is 484 g/mol. The highest BCUT2D eigenvalue weighted by Crippen LogP contribution is 2.41. The Balaban J connectivity index is 1.72. The Morgan fingerprint density at radius 3 is 2.51 bits per heavy atom. The number of nitrogens with zero attached hydrogens (tertiary/aromatic N) is 6. The molecule has 1 aliphatic rings. The van der Waals surface area contributed by atoms with Gasteiger partial charge < -0.3 is 5.11 Å². The SMILES string of the molecule is CC[C@H](C(=O)O)C1N=C(c2ccc(-c3cc(Cl)ncn3)cc2)c2c(sc(C)c2C)-n2c(C)nnc21. The Morgan fingerprint density at radius 2 is 1.86 bits per heavy atom. The minimum absolute atomic E-state index is 0.377. The summed E-state index contributed by atoms with van der Waals surface area (Å²) in [5.41, 5.74) is 5.35. The molecule has 1 aliphatic heterocycles. The van der Waals surface area contributed by atoms with Crippen LogP contribution in [0.5, 0.6) is 0 Å². The molecule has 8 nitrogen and oxygen atoms in total. The van der Waals surface area contributed by atoms with Gasteiger partial charge in [0.1, 0.15) is 28.3 Å². The third kappa shape index (κ3) is 3.94. The molecule has 35 heavy (non-hydrogen) atoms. The number of halogens is 1. The average molecular weight is 507 g/mol. The van der Waals surface area contributed by atoms with Crippen LogP contribution < -0.4 is 0 Å². The molecule has 0 fully saturated rings. The fourth-order valence-corrected chi connectivity index (χ4v) is 5.80. The molecule has 2 atom stereocenters. The topological polar surface area (TPSA) is 106 Å². The molecule has 1 unspecified atom stereocenters. The zero-order valence-electron chi connectivity index (χ0n) is 19.7. The molecule has 5 rings (SSSR count). The summed E-state index contributed by atoms with van der Waals surface area (Å²) in [4.78, 5) is 26.7. The van der Waals surface area contributed by atoms with Crippen molar-refractivity contribution >= 4 is 34.6 Å². The molecule has 1 N–H and O–H groups in total. The van der Waals surface area contributed by atoms with Crippen LogP contribution >= 0.6 is 22.9 Å². The summed E-state index contributed by atoms with van der Waals surface area (Å²) in [6.45, 7) is 7.90. The number of carboxylic acid groups (broad SMARTS) is 1. The van der Waals surface area contributed by atoms with E-state index in [9.17, 15) is 9.90 Å². The second-order valence-electron chi connectivity index (χ2n) is 8.48. The van der Waals surface area contributed by atoms with Crippen molar-refractivity contribution in [3.8, 4) is 16.3 Å². The first kappa shape index (κ1) is 23.3. The highest BCUT2D eigenvalue weighted by molar-refractivity contribution is 7.15. The summed E-state index contributed by atoms with van der Waals surface area (Å²) < 4.78 is 1.98. The molecule has 0 radical (unpaired) electrons. The highest BCUT2D eigenvalue weighted by atomic mass is 35.5. The van der Waals surface area contributed by atoms with Crippen molar-refractivity contribution in [3.63, 3.8) is 0 Å². The van der Waals surface area contributed by atoms with Gasteiger partial charge in [0, 0.05) is 27.6 Å². The van der Waals surface area contributed by atoms with Crippen molar-refractivity contribution in [3.05, 3.63) is 75.0 Å². The van der Waals surface area contributed by atoms with Crippen LogP contribution in [0.1, 0.15) is 52.6 Å². The Labute approximate surface area is 211 Å². The van der Waals surface area contributed by atoms with Crippen molar-refractivity contribution in [2.24, 2.45) is 10.9 Å². The van der Waals surface area contributed by atoms with Crippen LogP contribution in [0.15, 0.2) is 41.7 Å². The number of aryl methyl sites for hydroxylation is 2. The molecular formula is C25H23ClN6O2S. The van der Waals surface area contributed by atoms with Gasteiger partial charge in [-0.2, -0.15) is 0 Å². The highest BCUT2D eigenvalue weighted by Gasteiger charge is 2.37. The molecule has 0 saturated carbocycles. The van der Waals surface area contributed by atoms with Gasteiger partial charge in [-0.1, -0.05) is 42.8 Å². The molecule has 0 bridgehead atoms. The van der Waals surface area contributed by atoms with Gasteiger partial charge in [-0.15, -0.1) is 21.5 Å². The summed E-state index contributed by atoms with van der Waals surface area (Å²) in [5.74, 6) is -0.367. The molecule has 0 spiro atoms. The van der Waals surface area contributed by atoms with Gasteiger partial charge >= 0.3 is 5.97 Å². The largest absolute Gasteiger partial charge is 0.481 e. The van der Waals surface area contributed by atoms with Crippen molar-refractivity contribution in [2.45, 2.75) is 40.2 Å². The van der Waals surface area contributed by atoms with E-state index < -0.39 is 17.9 Å². The molecule has 0 aliphatic carbocycles. The minimum atomic E-state index is -0.901. The Morgan fingerprint density at radius 1 is 1.14 bits per heavy atom. The third-order valence-electron chi connectivity index (χ3n) is 6.42. The average Bonchev–Trinajstić information content (AvgIpc) is 3.31. The fourth-order valence-electron chi connectivity index (χ4n) is 4.44. The number of carbonyl (C=O) groups is 1. The van der Waals surface area contributed by atoms with Gasteiger partial charge in [-0.25, -0.2) is 9.97 Å². The van der Waals surface area contributed by atoms with Gasteiger partial charge in [0.25, 0.3) is 0 Å². The van der Waals surface area contributed by atoms with Gasteiger partial charge in [0.15, 0.2) is 5.82 Å². The van der Waals surface area contributed by atoms with E-state index in [2.05, 4.69) is 34.0 Å². The lowest BCUT2D eigenvalue weighted by atomic mass is 9.95. The molecule has 3 aromatic heterocycles. The quantitative estimate of drug-likeness (QED) is 0.365. The van der Waals surface area contributed by atoms with E-state index in [1.807, 2.05) is 42.7 Å². The zero-order valence-corrected chi connectivity index (χ0v) is 21.2. The number of hydrogen-bond acceptors (Lipinski definition) is 7. The lowest BCUT2D eigenvalue weighted by Crippen LogP contribution is -2.23.